The van der Waals surface area contributed by atoms with Crippen molar-refractivity contribution < 1.29 is 14.8 Å². The Hall–Kier alpha value is -2.69. The Morgan fingerprint density at radius 3 is 2.90 bits per heavy atom. The van der Waals surface area contributed by atoms with Crippen molar-refractivity contribution in [3.63, 3.8) is 0 Å². The molecular weight excluding hydrogens is 276 g/mol. The van der Waals surface area contributed by atoms with Crippen molar-refractivity contribution in [3.8, 4) is 6.07 Å². The molecule has 0 aliphatic heterocycles. The highest BCUT2D eigenvalue weighted by molar-refractivity contribution is 5.66. The lowest BCUT2D eigenvalue weighted by atomic mass is 10.0. The monoisotopic (exact) mass is 292 g/mol. The second kappa shape index (κ2) is 7.79. The summed E-state index contributed by atoms with van der Waals surface area (Å²) in [5.41, 5.74) is -0.380. The van der Waals surface area contributed by atoms with Gasteiger partial charge in [-0.15, -0.1) is 0 Å². The molecule has 0 spiro atoms. The van der Waals surface area contributed by atoms with Crippen LogP contribution in [0.1, 0.15) is 31.7 Å². The molecule has 0 aliphatic carbocycles. The first-order valence-corrected chi connectivity index (χ1v) is 6.44. The summed E-state index contributed by atoms with van der Waals surface area (Å²) in [6.45, 7) is 2.33. The van der Waals surface area contributed by atoms with Crippen molar-refractivity contribution in [2.75, 3.05) is 11.9 Å². The van der Waals surface area contributed by atoms with E-state index in [2.05, 4.69) is 10.3 Å². The van der Waals surface area contributed by atoms with Gasteiger partial charge in [0.25, 0.3) is 0 Å². The lowest BCUT2D eigenvalue weighted by Gasteiger charge is -2.11. The highest BCUT2D eigenvalue weighted by Crippen LogP contribution is 2.25. The van der Waals surface area contributed by atoms with Crippen LogP contribution in [0.4, 0.5) is 11.5 Å². The first kappa shape index (κ1) is 16.4. The third-order valence-corrected chi connectivity index (χ3v) is 3.01. The molecule has 2 N–H and O–H groups in total. The van der Waals surface area contributed by atoms with Crippen LogP contribution in [0.2, 0.25) is 0 Å². The second-order valence-corrected chi connectivity index (χ2v) is 4.68. The van der Waals surface area contributed by atoms with E-state index in [4.69, 9.17) is 10.4 Å². The summed E-state index contributed by atoms with van der Waals surface area (Å²) < 4.78 is 0. The van der Waals surface area contributed by atoms with Gasteiger partial charge in [-0.05, 0) is 24.8 Å². The van der Waals surface area contributed by atoms with Crippen LogP contribution in [-0.4, -0.2) is 27.5 Å². The Balaban J connectivity index is 2.62. The van der Waals surface area contributed by atoms with Gasteiger partial charge in [0.1, 0.15) is 11.6 Å². The van der Waals surface area contributed by atoms with Crippen LogP contribution in [0.15, 0.2) is 12.3 Å². The number of nitriles is 1. The van der Waals surface area contributed by atoms with Gasteiger partial charge in [0.2, 0.25) is 5.82 Å². The quantitative estimate of drug-likeness (QED) is 0.554. The topological polar surface area (TPSA) is 129 Å². The standard InChI is InChI=1S/C13H16N4O4/c1-9(2-3-11(18)19)4-6-15-13-12(17(20)21)10(8-14)5-7-16-13/h5,7,9H,2-4,6H2,1H3,(H,15,16)(H,18,19). The van der Waals surface area contributed by atoms with Crippen molar-refractivity contribution in [1.29, 1.82) is 5.26 Å². The van der Waals surface area contributed by atoms with Crippen LogP contribution >= 0.6 is 0 Å². The molecule has 0 saturated heterocycles. The molecule has 0 bridgehead atoms. The molecule has 8 heteroatoms. The van der Waals surface area contributed by atoms with Gasteiger partial charge in [0.05, 0.1) is 4.92 Å². The number of nitrogens with zero attached hydrogens (tertiary/aromatic N) is 3. The van der Waals surface area contributed by atoms with E-state index in [0.29, 0.717) is 19.4 Å². The summed E-state index contributed by atoms with van der Waals surface area (Å²) in [4.78, 5) is 24.7. The zero-order valence-corrected chi connectivity index (χ0v) is 11.6. The first-order valence-electron chi connectivity index (χ1n) is 6.44. The summed E-state index contributed by atoms with van der Waals surface area (Å²) in [7, 11) is 0. The number of carboxylic acid groups (broad SMARTS) is 1. The summed E-state index contributed by atoms with van der Waals surface area (Å²) in [5.74, 6) is -0.606. The molecular formula is C13H16N4O4. The molecule has 112 valence electrons. The molecule has 1 unspecified atom stereocenters. The SMILES string of the molecule is CC(CCNc1nccc(C#N)c1[N+](=O)[O-])CCC(=O)O. The van der Waals surface area contributed by atoms with Gasteiger partial charge in [-0.2, -0.15) is 5.26 Å². The lowest BCUT2D eigenvalue weighted by Crippen LogP contribution is -2.11. The molecule has 0 radical (unpaired) electrons. The van der Waals surface area contributed by atoms with E-state index in [0.717, 1.165) is 0 Å². The van der Waals surface area contributed by atoms with Gasteiger partial charge in [-0.3, -0.25) is 14.9 Å². The number of carbonyl (C=O) groups is 1. The van der Waals surface area contributed by atoms with Gasteiger partial charge in [0.15, 0.2) is 0 Å². The second-order valence-electron chi connectivity index (χ2n) is 4.68. The maximum atomic E-state index is 11.0. The Labute approximate surface area is 121 Å². The minimum Gasteiger partial charge on any atom is -0.481 e. The summed E-state index contributed by atoms with van der Waals surface area (Å²) in [6, 6.07) is 3.05. The third-order valence-electron chi connectivity index (χ3n) is 3.01. The van der Waals surface area contributed by atoms with Crippen LogP contribution in [0, 0.1) is 27.4 Å². The van der Waals surface area contributed by atoms with E-state index in [1.807, 2.05) is 6.92 Å². The summed E-state index contributed by atoms with van der Waals surface area (Å²) in [6.07, 6.45) is 2.64. The van der Waals surface area contributed by atoms with Crippen molar-refractivity contribution in [2.24, 2.45) is 5.92 Å². The number of anilines is 1. The molecule has 1 aromatic rings. The molecule has 21 heavy (non-hydrogen) atoms. The number of nitrogens with one attached hydrogen (secondary N) is 1. The average Bonchev–Trinajstić information content (AvgIpc) is 2.44. The number of nitro groups is 1. The van der Waals surface area contributed by atoms with Crippen LogP contribution in [0.5, 0.6) is 0 Å². The number of aromatic nitrogens is 1. The van der Waals surface area contributed by atoms with Crippen molar-refractivity contribution in [1.82, 2.24) is 4.98 Å². The summed E-state index contributed by atoms with van der Waals surface area (Å²) in [5, 5.41) is 31.3. The first-order chi connectivity index (χ1) is 9.95. The number of hydrogen-bond acceptors (Lipinski definition) is 6. The van der Waals surface area contributed by atoms with Crippen molar-refractivity contribution in [2.45, 2.75) is 26.2 Å². The van der Waals surface area contributed by atoms with Crippen LogP contribution in [0.25, 0.3) is 0 Å². The Kier molecular flexibility index (Phi) is 6.07. The number of rotatable bonds is 8. The van der Waals surface area contributed by atoms with Crippen molar-refractivity contribution >= 4 is 17.5 Å². The lowest BCUT2D eigenvalue weighted by molar-refractivity contribution is -0.384. The largest absolute Gasteiger partial charge is 0.481 e. The van der Waals surface area contributed by atoms with E-state index < -0.39 is 10.9 Å². The fraction of sp³-hybridized carbons (Fsp3) is 0.462. The number of aliphatic carboxylic acids is 1. The normalized spacial score (nSPS) is 11.4. The molecule has 0 aliphatic rings. The zero-order valence-electron chi connectivity index (χ0n) is 11.6. The maximum absolute atomic E-state index is 11.0. The van der Waals surface area contributed by atoms with Crippen LogP contribution in [0.3, 0.4) is 0 Å². The Morgan fingerprint density at radius 2 is 2.33 bits per heavy atom. The zero-order chi connectivity index (χ0) is 15.8. The Morgan fingerprint density at radius 1 is 1.62 bits per heavy atom. The summed E-state index contributed by atoms with van der Waals surface area (Å²) >= 11 is 0. The molecule has 1 heterocycles. The van der Waals surface area contributed by atoms with Crippen LogP contribution in [-0.2, 0) is 4.79 Å². The van der Waals surface area contributed by atoms with E-state index in [1.165, 1.54) is 12.3 Å². The molecule has 1 rings (SSSR count). The Bertz CT molecular complexity index is 568. The maximum Gasteiger partial charge on any atom is 0.328 e. The van der Waals surface area contributed by atoms with E-state index >= 15 is 0 Å². The predicted molar refractivity (Wildman–Crippen MR) is 74.7 cm³/mol. The fourth-order valence-electron chi connectivity index (χ4n) is 1.81. The van der Waals surface area contributed by atoms with Gasteiger partial charge >= 0.3 is 11.7 Å². The predicted octanol–water partition coefficient (Wildman–Crippen LogP) is 2.16. The number of pyridine rings is 1. The van der Waals surface area contributed by atoms with Gasteiger partial charge in [-0.1, -0.05) is 6.92 Å². The minimum atomic E-state index is -0.839. The molecule has 8 nitrogen and oxygen atoms in total. The minimum absolute atomic E-state index is 0.0450. The molecule has 0 amide bonds. The third kappa shape index (κ3) is 5.06. The van der Waals surface area contributed by atoms with Gasteiger partial charge in [-0.25, -0.2) is 4.98 Å². The van der Waals surface area contributed by atoms with E-state index in [1.54, 1.807) is 6.07 Å². The van der Waals surface area contributed by atoms with Crippen molar-refractivity contribution in [3.05, 3.63) is 27.9 Å². The molecule has 0 aromatic carbocycles. The highest BCUT2D eigenvalue weighted by Gasteiger charge is 2.20. The highest BCUT2D eigenvalue weighted by atomic mass is 16.6. The molecule has 0 fully saturated rings. The van der Waals surface area contributed by atoms with Gasteiger partial charge in [0, 0.05) is 19.2 Å². The molecule has 1 aromatic heterocycles. The molecule has 1 atom stereocenters. The van der Waals surface area contributed by atoms with E-state index in [9.17, 15) is 14.9 Å². The molecule has 0 saturated carbocycles. The van der Waals surface area contributed by atoms with E-state index in [-0.39, 0.29) is 29.4 Å². The van der Waals surface area contributed by atoms with Gasteiger partial charge < -0.3 is 10.4 Å². The number of hydrogen-bond donors (Lipinski definition) is 2. The fourth-order valence-corrected chi connectivity index (χ4v) is 1.81. The van der Waals surface area contributed by atoms with Crippen LogP contribution < -0.4 is 5.32 Å². The average molecular weight is 292 g/mol. The number of carboxylic acids is 1. The smallest absolute Gasteiger partial charge is 0.328 e.